The fraction of sp³-hybridized carbons (Fsp3) is 0.111. The molecule has 0 amide bonds. The molecule has 3 aromatic heterocycles. The summed E-state index contributed by atoms with van der Waals surface area (Å²) in [6, 6.07) is 23.4. The number of ketones is 1. The molecule has 0 spiro atoms. The van der Waals surface area contributed by atoms with E-state index in [1.54, 1.807) is 6.33 Å². The number of hydrogen-bond acceptors (Lipinski definition) is 5. The second kappa shape index (κ2) is 9.29. The fourth-order valence-electron chi connectivity index (χ4n) is 4.50. The van der Waals surface area contributed by atoms with Crippen molar-refractivity contribution in [2.45, 2.75) is 18.6 Å². The Kier molecular flexibility index (Phi) is 5.83. The number of rotatable bonds is 7. The highest BCUT2D eigenvalue weighted by atomic mass is 35.5. The van der Waals surface area contributed by atoms with Gasteiger partial charge in [-0.05, 0) is 37.3 Å². The Labute approximate surface area is 216 Å². The van der Waals surface area contributed by atoms with E-state index in [0.29, 0.717) is 28.1 Å². The highest BCUT2D eigenvalue weighted by Gasteiger charge is 2.21. The molecule has 0 aliphatic rings. The number of Topliss-reactive ketones (excluding diaryl/α,β-unsaturated/α-hetero) is 1. The minimum atomic E-state index is 0.0332. The quantitative estimate of drug-likeness (QED) is 0.207. The summed E-state index contributed by atoms with van der Waals surface area (Å²) in [4.78, 5) is 21.1. The molecule has 7 nitrogen and oxygen atoms in total. The molecule has 0 aliphatic heterocycles. The number of hydrogen-bond donors (Lipinski definition) is 1. The number of halogens is 1. The van der Waals surface area contributed by atoms with Crippen molar-refractivity contribution >= 4 is 51.1 Å². The number of para-hydroxylation sites is 4. The largest absolute Gasteiger partial charge is 0.358 e. The summed E-state index contributed by atoms with van der Waals surface area (Å²) < 4.78 is 3.96. The highest BCUT2D eigenvalue weighted by Crippen LogP contribution is 2.30. The van der Waals surface area contributed by atoms with Crippen LogP contribution in [0.2, 0.25) is 5.02 Å². The van der Waals surface area contributed by atoms with E-state index in [0.717, 1.165) is 33.3 Å². The van der Waals surface area contributed by atoms with Crippen LogP contribution in [-0.4, -0.2) is 40.8 Å². The topological polar surface area (TPSA) is 81.4 Å². The molecule has 0 saturated carbocycles. The number of aromatic nitrogens is 6. The second-order valence-electron chi connectivity index (χ2n) is 8.43. The molecule has 3 heterocycles. The van der Waals surface area contributed by atoms with Gasteiger partial charge in [-0.25, -0.2) is 4.98 Å². The maximum absolute atomic E-state index is 13.3. The van der Waals surface area contributed by atoms with Crippen LogP contribution in [0.3, 0.4) is 0 Å². The fourth-order valence-corrected chi connectivity index (χ4v) is 5.55. The van der Waals surface area contributed by atoms with Crippen LogP contribution in [0.1, 0.15) is 21.9 Å². The molecular weight excluding hydrogens is 492 g/mol. The molecule has 6 rings (SSSR count). The summed E-state index contributed by atoms with van der Waals surface area (Å²) in [7, 11) is 0. The minimum absolute atomic E-state index is 0.0332. The van der Waals surface area contributed by atoms with Crippen LogP contribution in [0.25, 0.3) is 27.6 Å². The van der Waals surface area contributed by atoms with Crippen LogP contribution in [0.15, 0.2) is 84.3 Å². The van der Waals surface area contributed by atoms with Gasteiger partial charge in [-0.3, -0.25) is 9.36 Å². The summed E-state index contributed by atoms with van der Waals surface area (Å²) in [6.45, 7) is 2.38. The van der Waals surface area contributed by atoms with Gasteiger partial charge < -0.3 is 9.55 Å². The van der Waals surface area contributed by atoms with Crippen molar-refractivity contribution in [3.05, 3.63) is 101 Å². The first-order valence-electron chi connectivity index (χ1n) is 11.4. The predicted octanol–water partition coefficient (Wildman–Crippen LogP) is 6.08. The lowest BCUT2D eigenvalue weighted by Crippen LogP contribution is -2.09. The van der Waals surface area contributed by atoms with Crippen molar-refractivity contribution in [2.24, 2.45) is 0 Å². The third kappa shape index (κ3) is 3.98. The molecule has 0 saturated heterocycles. The van der Waals surface area contributed by atoms with Crippen LogP contribution in [-0.2, 0) is 6.54 Å². The number of thioether (sulfide) groups is 1. The normalized spacial score (nSPS) is 11.5. The average Bonchev–Trinajstić information content (AvgIpc) is 3.58. The number of H-pyrrole nitrogens is 1. The molecule has 3 aromatic carbocycles. The van der Waals surface area contributed by atoms with Gasteiger partial charge in [-0.2, -0.15) is 0 Å². The van der Waals surface area contributed by atoms with E-state index in [1.807, 2.05) is 88.9 Å². The van der Waals surface area contributed by atoms with Crippen molar-refractivity contribution in [1.82, 2.24) is 29.3 Å². The first-order valence-corrected chi connectivity index (χ1v) is 12.8. The third-order valence-corrected chi connectivity index (χ3v) is 7.39. The van der Waals surface area contributed by atoms with Gasteiger partial charge in [-0.15, -0.1) is 10.2 Å². The van der Waals surface area contributed by atoms with Crippen molar-refractivity contribution in [1.29, 1.82) is 0 Å². The number of nitrogens with one attached hydrogen (secondary N) is 1. The minimum Gasteiger partial charge on any atom is -0.358 e. The van der Waals surface area contributed by atoms with Crippen LogP contribution in [0.5, 0.6) is 0 Å². The molecule has 0 bridgehead atoms. The van der Waals surface area contributed by atoms with Gasteiger partial charge >= 0.3 is 0 Å². The summed E-state index contributed by atoms with van der Waals surface area (Å²) in [5.41, 5.74) is 5.22. The lowest BCUT2D eigenvalue weighted by molar-refractivity contribution is 0.102. The first kappa shape index (κ1) is 22.6. The monoisotopic (exact) mass is 512 g/mol. The van der Waals surface area contributed by atoms with Gasteiger partial charge in [0, 0.05) is 22.2 Å². The zero-order valence-electron chi connectivity index (χ0n) is 19.4. The van der Waals surface area contributed by atoms with E-state index in [4.69, 9.17) is 11.6 Å². The number of benzene rings is 3. The van der Waals surface area contributed by atoms with E-state index < -0.39 is 0 Å². The maximum atomic E-state index is 13.3. The molecule has 0 radical (unpaired) electrons. The molecule has 0 aliphatic carbocycles. The van der Waals surface area contributed by atoms with Crippen LogP contribution in [0, 0.1) is 6.92 Å². The standard InChI is InChI=1S/C27H21ClN6OS/c1-17-26(18-8-2-4-10-20(18)30-17)24(35)15-36-27-32-31-25(34(27)22-12-6-3-9-19(22)28)14-33-16-29-21-11-5-7-13-23(21)33/h2-13,16,30H,14-15H2,1H3. The summed E-state index contributed by atoms with van der Waals surface area (Å²) >= 11 is 7.94. The number of carbonyl (C=O) groups is 1. The Bertz CT molecular complexity index is 1730. The lowest BCUT2D eigenvalue weighted by Gasteiger charge is -2.12. The summed E-state index contributed by atoms with van der Waals surface area (Å²) in [5.74, 6) is 0.953. The number of carbonyl (C=O) groups excluding carboxylic acids is 1. The molecule has 36 heavy (non-hydrogen) atoms. The summed E-state index contributed by atoms with van der Waals surface area (Å²) in [5, 5.41) is 11.1. The van der Waals surface area contributed by atoms with E-state index in [9.17, 15) is 4.79 Å². The molecule has 0 fully saturated rings. The Morgan fingerprint density at radius 3 is 2.67 bits per heavy atom. The summed E-state index contributed by atoms with van der Waals surface area (Å²) in [6.07, 6.45) is 1.80. The SMILES string of the molecule is Cc1[nH]c2ccccc2c1C(=O)CSc1nnc(Cn2cnc3ccccc32)n1-c1ccccc1Cl. The number of aryl methyl sites for hydroxylation is 1. The van der Waals surface area contributed by atoms with Crippen LogP contribution in [0.4, 0.5) is 0 Å². The van der Waals surface area contributed by atoms with Gasteiger partial charge in [0.2, 0.25) is 0 Å². The maximum Gasteiger partial charge on any atom is 0.196 e. The Morgan fingerprint density at radius 2 is 1.78 bits per heavy atom. The van der Waals surface area contributed by atoms with Gasteiger partial charge in [-0.1, -0.05) is 65.8 Å². The number of aromatic amines is 1. The second-order valence-corrected chi connectivity index (χ2v) is 9.78. The Hall–Kier alpha value is -3.88. The number of nitrogens with zero attached hydrogens (tertiary/aromatic N) is 5. The Morgan fingerprint density at radius 1 is 1.00 bits per heavy atom. The smallest absolute Gasteiger partial charge is 0.196 e. The van der Waals surface area contributed by atoms with Gasteiger partial charge in [0.25, 0.3) is 0 Å². The molecule has 0 atom stereocenters. The van der Waals surface area contributed by atoms with Crippen molar-refractivity contribution in [2.75, 3.05) is 5.75 Å². The average molecular weight is 513 g/mol. The van der Waals surface area contributed by atoms with Crippen molar-refractivity contribution in [3.8, 4) is 5.69 Å². The molecular formula is C27H21ClN6OS. The van der Waals surface area contributed by atoms with Crippen LogP contribution >= 0.6 is 23.4 Å². The molecule has 9 heteroatoms. The lowest BCUT2D eigenvalue weighted by atomic mass is 10.1. The van der Waals surface area contributed by atoms with E-state index in [2.05, 4.69) is 20.2 Å². The first-order chi connectivity index (χ1) is 17.6. The highest BCUT2D eigenvalue weighted by molar-refractivity contribution is 7.99. The zero-order valence-corrected chi connectivity index (χ0v) is 20.9. The molecule has 6 aromatic rings. The number of imidazole rings is 1. The van der Waals surface area contributed by atoms with Crippen molar-refractivity contribution in [3.63, 3.8) is 0 Å². The van der Waals surface area contributed by atoms with Gasteiger partial charge in [0.05, 0.1) is 40.4 Å². The van der Waals surface area contributed by atoms with Crippen molar-refractivity contribution < 1.29 is 4.79 Å². The molecule has 1 N–H and O–H groups in total. The molecule has 0 unspecified atom stereocenters. The van der Waals surface area contributed by atoms with E-state index >= 15 is 0 Å². The van der Waals surface area contributed by atoms with E-state index in [1.165, 1.54) is 11.8 Å². The Balaban J connectivity index is 1.35. The third-order valence-electron chi connectivity index (χ3n) is 6.14. The van der Waals surface area contributed by atoms with E-state index in [-0.39, 0.29) is 11.5 Å². The predicted molar refractivity (Wildman–Crippen MR) is 143 cm³/mol. The van der Waals surface area contributed by atoms with Gasteiger partial charge in [0.15, 0.2) is 16.8 Å². The number of fused-ring (bicyclic) bond motifs is 2. The van der Waals surface area contributed by atoms with Crippen LogP contribution < -0.4 is 0 Å². The van der Waals surface area contributed by atoms with Gasteiger partial charge in [0.1, 0.15) is 0 Å². The zero-order chi connectivity index (χ0) is 24.6. The molecule has 178 valence electrons.